The van der Waals surface area contributed by atoms with Crippen molar-refractivity contribution >= 4 is 29.0 Å². The molecule has 3 rings (SSSR count). The number of thioether (sulfide) groups is 1. The summed E-state index contributed by atoms with van der Waals surface area (Å²) in [7, 11) is 1.40. The van der Waals surface area contributed by atoms with Crippen molar-refractivity contribution in [2.45, 2.75) is 30.6 Å². The van der Waals surface area contributed by atoms with E-state index in [0.29, 0.717) is 24.1 Å². The van der Waals surface area contributed by atoms with Gasteiger partial charge < -0.3 is 14.8 Å². The third-order valence-electron chi connectivity index (χ3n) is 4.14. The van der Waals surface area contributed by atoms with Gasteiger partial charge in [0, 0.05) is 6.61 Å². The van der Waals surface area contributed by atoms with Gasteiger partial charge in [-0.25, -0.2) is 9.89 Å². The zero-order chi connectivity index (χ0) is 20.1. The van der Waals surface area contributed by atoms with E-state index in [0.717, 1.165) is 24.6 Å². The third-order valence-corrected chi connectivity index (χ3v) is 5.12. The van der Waals surface area contributed by atoms with Crippen LogP contribution in [0.1, 0.15) is 12.8 Å². The number of hydrogen-bond donors (Lipinski definition) is 2. The number of methoxy groups -OCH3 is 1. The van der Waals surface area contributed by atoms with Crippen molar-refractivity contribution in [3.8, 4) is 5.75 Å². The molecule has 1 aliphatic rings. The highest BCUT2D eigenvalue weighted by Crippen LogP contribution is 2.29. The van der Waals surface area contributed by atoms with Gasteiger partial charge in [0.1, 0.15) is 11.4 Å². The Balaban J connectivity index is 1.64. The fourth-order valence-electron chi connectivity index (χ4n) is 2.78. The number of benzene rings is 1. The predicted molar refractivity (Wildman–Crippen MR) is 101 cm³/mol. The van der Waals surface area contributed by atoms with Gasteiger partial charge in [-0.2, -0.15) is 0 Å². The highest BCUT2D eigenvalue weighted by atomic mass is 32.2. The SMILES string of the molecule is COc1ccc(NC(=O)CSc2n[nH]c(=O)n2CC2CCCO2)c([N+](=O)[O-])c1. The lowest BCUT2D eigenvalue weighted by Gasteiger charge is -2.11. The summed E-state index contributed by atoms with van der Waals surface area (Å²) >= 11 is 1.06. The average Bonchev–Trinajstić information content (AvgIpc) is 3.31. The molecule has 1 aromatic heterocycles. The van der Waals surface area contributed by atoms with Gasteiger partial charge in [-0.3, -0.25) is 19.5 Å². The Morgan fingerprint density at radius 3 is 3.07 bits per heavy atom. The molecule has 1 atom stereocenters. The van der Waals surface area contributed by atoms with E-state index in [2.05, 4.69) is 15.5 Å². The van der Waals surface area contributed by atoms with Crippen LogP contribution in [0.3, 0.4) is 0 Å². The Bertz CT molecular complexity index is 920. The molecule has 1 saturated heterocycles. The van der Waals surface area contributed by atoms with Crippen molar-refractivity contribution in [3.05, 3.63) is 38.8 Å². The number of nitrogens with one attached hydrogen (secondary N) is 2. The van der Waals surface area contributed by atoms with Gasteiger partial charge in [0.25, 0.3) is 5.69 Å². The Morgan fingerprint density at radius 1 is 1.57 bits per heavy atom. The second kappa shape index (κ2) is 8.89. The van der Waals surface area contributed by atoms with Crippen LogP contribution in [0, 0.1) is 10.1 Å². The largest absolute Gasteiger partial charge is 0.496 e. The van der Waals surface area contributed by atoms with Crippen molar-refractivity contribution in [2.75, 3.05) is 24.8 Å². The maximum atomic E-state index is 12.2. The maximum absolute atomic E-state index is 12.2. The van der Waals surface area contributed by atoms with Crippen LogP contribution in [-0.2, 0) is 16.1 Å². The molecule has 2 N–H and O–H groups in total. The number of ether oxygens (including phenoxy) is 2. The van der Waals surface area contributed by atoms with Gasteiger partial charge in [-0.1, -0.05) is 11.8 Å². The Hall–Kier alpha value is -2.86. The van der Waals surface area contributed by atoms with Crippen molar-refractivity contribution < 1.29 is 19.2 Å². The van der Waals surface area contributed by atoms with Gasteiger partial charge in [-0.15, -0.1) is 5.10 Å². The molecule has 1 unspecified atom stereocenters. The molecule has 0 aliphatic carbocycles. The Kier molecular flexibility index (Phi) is 6.31. The van der Waals surface area contributed by atoms with Crippen LogP contribution >= 0.6 is 11.8 Å². The van der Waals surface area contributed by atoms with Gasteiger partial charge >= 0.3 is 5.69 Å². The number of anilines is 1. The lowest BCUT2D eigenvalue weighted by Crippen LogP contribution is -2.25. The van der Waals surface area contributed by atoms with E-state index in [-0.39, 0.29) is 28.9 Å². The van der Waals surface area contributed by atoms with E-state index < -0.39 is 10.8 Å². The van der Waals surface area contributed by atoms with Crippen LogP contribution in [0.15, 0.2) is 28.2 Å². The zero-order valence-corrected chi connectivity index (χ0v) is 15.9. The summed E-state index contributed by atoms with van der Waals surface area (Å²) in [5, 5.41) is 20.4. The molecule has 150 valence electrons. The molecule has 1 aromatic carbocycles. The fraction of sp³-hybridized carbons (Fsp3) is 0.438. The quantitative estimate of drug-likeness (QED) is 0.378. The molecular formula is C16H19N5O6S. The minimum atomic E-state index is -0.599. The van der Waals surface area contributed by atoms with E-state index in [4.69, 9.17) is 9.47 Å². The number of carbonyl (C=O) groups is 1. The summed E-state index contributed by atoms with van der Waals surface area (Å²) in [5.74, 6) is -0.218. The molecular weight excluding hydrogens is 390 g/mol. The number of nitro benzene ring substituents is 1. The van der Waals surface area contributed by atoms with Gasteiger partial charge in [0.2, 0.25) is 5.91 Å². The lowest BCUT2D eigenvalue weighted by molar-refractivity contribution is -0.384. The molecule has 11 nitrogen and oxygen atoms in total. The highest BCUT2D eigenvalue weighted by molar-refractivity contribution is 7.99. The Labute approximate surface area is 163 Å². The topological polar surface area (TPSA) is 141 Å². The number of nitro groups is 1. The van der Waals surface area contributed by atoms with Crippen LogP contribution in [0.2, 0.25) is 0 Å². The van der Waals surface area contributed by atoms with E-state index in [1.807, 2.05) is 0 Å². The molecule has 2 heterocycles. The van der Waals surface area contributed by atoms with Crippen molar-refractivity contribution in [1.82, 2.24) is 14.8 Å². The summed E-state index contributed by atoms with van der Waals surface area (Å²) in [6.07, 6.45) is 1.76. The first-order valence-corrected chi connectivity index (χ1v) is 9.48. The first-order valence-electron chi connectivity index (χ1n) is 8.50. The smallest absolute Gasteiger partial charge is 0.344 e. The first kappa shape index (κ1) is 19.9. The second-order valence-corrected chi connectivity index (χ2v) is 6.98. The van der Waals surface area contributed by atoms with E-state index in [1.54, 1.807) is 0 Å². The lowest BCUT2D eigenvalue weighted by atomic mass is 10.2. The number of rotatable bonds is 8. The predicted octanol–water partition coefficient (Wildman–Crippen LogP) is 1.40. The van der Waals surface area contributed by atoms with Crippen molar-refractivity contribution in [1.29, 1.82) is 0 Å². The number of aromatic amines is 1. The standard InChI is InChI=1S/C16H19N5O6S/c1-26-10-4-5-12(13(7-10)21(24)25)17-14(22)9-28-16-19-18-15(23)20(16)8-11-3-2-6-27-11/h4-5,7,11H,2-3,6,8-9H2,1H3,(H,17,22)(H,18,23). The van der Waals surface area contributed by atoms with E-state index in [9.17, 15) is 19.7 Å². The molecule has 1 amide bonds. The number of amides is 1. The monoisotopic (exact) mass is 409 g/mol. The molecule has 0 radical (unpaired) electrons. The summed E-state index contributed by atoms with van der Waals surface area (Å²) in [5.41, 5.74) is -0.577. The normalized spacial score (nSPS) is 16.1. The van der Waals surface area contributed by atoms with Crippen molar-refractivity contribution in [3.63, 3.8) is 0 Å². The van der Waals surface area contributed by atoms with Crippen LogP contribution in [0.25, 0.3) is 0 Å². The molecule has 12 heteroatoms. The third kappa shape index (κ3) is 4.70. The number of carbonyl (C=O) groups excluding carboxylic acids is 1. The molecule has 2 aromatic rings. The maximum Gasteiger partial charge on any atom is 0.344 e. The van der Waals surface area contributed by atoms with E-state index >= 15 is 0 Å². The summed E-state index contributed by atoms with van der Waals surface area (Å²) in [6.45, 7) is 1.03. The minimum Gasteiger partial charge on any atom is -0.496 e. The van der Waals surface area contributed by atoms with Crippen LogP contribution < -0.4 is 15.7 Å². The van der Waals surface area contributed by atoms with Crippen molar-refractivity contribution in [2.24, 2.45) is 0 Å². The van der Waals surface area contributed by atoms with Gasteiger partial charge in [0.15, 0.2) is 5.16 Å². The number of hydrogen-bond acceptors (Lipinski definition) is 8. The van der Waals surface area contributed by atoms with Crippen LogP contribution in [0.4, 0.5) is 11.4 Å². The summed E-state index contributed by atoms with van der Waals surface area (Å²) < 4.78 is 11.9. The molecule has 0 spiro atoms. The molecule has 1 fully saturated rings. The van der Waals surface area contributed by atoms with Crippen LogP contribution in [-0.4, -0.2) is 51.2 Å². The zero-order valence-electron chi connectivity index (χ0n) is 15.0. The summed E-state index contributed by atoms with van der Waals surface area (Å²) in [4.78, 5) is 34.8. The van der Waals surface area contributed by atoms with Gasteiger partial charge in [-0.05, 0) is 25.0 Å². The minimum absolute atomic E-state index is 0.0505. The number of nitrogens with zero attached hydrogens (tertiary/aromatic N) is 3. The number of aromatic nitrogens is 3. The van der Waals surface area contributed by atoms with Gasteiger partial charge in [0.05, 0.1) is 36.5 Å². The van der Waals surface area contributed by atoms with Crippen LogP contribution in [0.5, 0.6) is 5.75 Å². The Morgan fingerprint density at radius 2 is 2.39 bits per heavy atom. The molecule has 0 bridgehead atoms. The number of H-pyrrole nitrogens is 1. The second-order valence-electron chi connectivity index (χ2n) is 6.03. The average molecular weight is 409 g/mol. The first-order chi connectivity index (χ1) is 13.5. The van der Waals surface area contributed by atoms with E-state index in [1.165, 1.54) is 29.9 Å². The molecule has 28 heavy (non-hydrogen) atoms. The highest BCUT2D eigenvalue weighted by Gasteiger charge is 2.21. The molecule has 1 aliphatic heterocycles. The summed E-state index contributed by atoms with van der Waals surface area (Å²) in [6, 6.07) is 4.15. The molecule has 0 saturated carbocycles. The fourth-order valence-corrected chi connectivity index (χ4v) is 3.53.